The molecular weight excluding hydrogens is 276 g/mol. The first-order chi connectivity index (χ1) is 9.49. The normalized spacial score (nSPS) is 15.4. The Morgan fingerprint density at radius 1 is 1.40 bits per heavy atom. The number of carboxylic acids is 1. The van der Waals surface area contributed by atoms with Crippen molar-refractivity contribution in [3.8, 4) is 0 Å². The summed E-state index contributed by atoms with van der Waals surface area (Å²) in [6, 6.07) is 5.72. The van der Waals surface area contributed by atoms with Crippen molar-refractivity contribution in [2.75, 3.05) is 18.0 Å². The summed E-state index contributed by atoms with van der Waals surface area (Å²) in [5.74, 6) is -1.01. The number of nitrogens with zero attached hydrogens (tertiary/aromatic N) is 2. The number of aryl methyl sites for hydroxylation is 1. The summed E-state index contributed by atoms with van der Waals surface area (Å²) >= 11 is 6.22. The molecule has 1 fully saturated rings. The predicted molar refractivity (Wildman–Crippen MR) is 79.6 cm³/mol. The summed E-state index contributed by atoms with van der Waals surface area (Å²) in [4.78, 5) is 17.6. The van der Waals surface area contributed by atoms with E-state index < -0.39 is 5.97 Å². The van der Waals surface area contributed by atoms with Gasteiger partial charge in [-0.05, 0) is 25.5 Å². The van der Waals surface area contributed by atoms with E-state index in [0.29, 0.717) is 18.1 Å². The van der Waals surface area contributed by atoms with Gasteiger partial charge in [0.2, 0.25) is 0 Å². The standard InChI is InChI=1S/C15H15ClN2O2/c1-8-9(2)17-13-11(4-3-5-12(13)16)14(8)18-6-10(7-18)15(19)20/h3-5,10H,6-7H2,1-2H3,(H,19,20). The molecule has 104 valence electrons. The fourth-order valence-corrected chi connectivity index (χ4v) is 2.89. The minimum absolute atomic E-state index is 0.280. The van der Waals surface area contributed by atoms with Gasteiger partial charge in [-0.25, -0.2) is 0 Å². The van der Waals surface area contributed by atoms with Gasteiger partial charge in [-0.2, -0.15) is 0 Å². The van der Waals surface area contributed by atoms with E-state index in [1.807, 2.05) is 32.0 Å². The summed E-state index contributed by atoms with van der Waals surface area (Å²) in [6.45, 7) is 5.06. The van der Waals surface area contributed by atoms with Crippen LogP contribution in [0, 0.1) is 19.8 Å². The van der Waals surface area contributed by atoms with Crippen LogP contribution in [0.2, 0.25) is 5.02 Å². The van der Waals surface area contributed by atoms with Crippen LogP contribution in [-0.2, 0) is 4.79 Å². The van der Waals surface area contributed by atoms with Gasteiger partial charge in [0.05, 0.1) is 22.1 Å². The molecule has 20 heavy (non-hydrogen) atoms. The molecule has 0 radical (unpaired) electrons. The highest BCUT2D eigenvalue weighted by Gasteiger charge is 2.34. The van der Waals surface area contributed by atoms with Crippen molar-refractivity contribution in [1.82, 2.24) is 4.98 Å². The van der Waals surface area contributed by atoms with Crippen molar-refractivity contribution in [2.24, 2.45) is 5.92 Å². The molecule has 1 aliphatic rings. The maximum absolute atomic E-state index is 11.0. The highest BCUT2D eigenvalue weighted by Crippen LogP contribution is 2.37. The molecule has 0 spiro atoms. The fourth-order valence-electron chi connectivity index (χ4n) is 2.67. The number of aromatic nitrogens is 1. The van der Waals surface area contributed by atoms with Crippen molar-refractivity contribution in [1.29, 1.82) is 0 Å². The van der Waals surface area contributed by atoms with Crippen LogP contribution >= 0.6 is 11.6 Å². The molecule has 0 amide bonds. The third-order valence-electron chi connectivity index (χ3n) is 3.97. The lowest BCUT2D eigenvalue weighted by atomic mass is 9.96. The molecule has 1 aliphatic heterocycles. The Morgan fingerprint density at radius 3 is 2.75 bits per heavy atom. The van der Waals surface area contributed by atoms with E-state index in [0.717, 1.165) is 27.8 Å². The number of halogens is 1. The number of hydrogen-bond donors (Lipinski definition) is 1. The molecule has 1 N–H and O–H groups in total. The Balaban J connectivity index is 2.13. The zero-order valence-corrected chi connectivity index (χ0v) is 12.1. The topological polar surface area (TPSA) is 53.4 Å². The smallest absolute Gasteiger partial charge is 0.310 e. The molecule has 2 heterocycles. The molecule has 0 saturated carbocycles. The Kier molecular flexibility index (Phi) is 3.05. The number of hydrogen-bond acceptors (Lipinski definition) is 3. The number of para-hydroxylation sites is 1. The summed E-state index contributed by atoms with van der Waals surface area (Å²) in [6.07, 6.45) is 0. The number of carboxylic acid groups (broad SMARTS) is 1. The SMILES string of the molecule is Cc1nc2c(Cl)cccc2c(N2CC(C(=O)O)C2)c1C. The number of rotatable bonds is 2. The summed E-state index contributed by atoms with van der Waals surface area (Å²) in [7, 11) is 0. The molecule has 1 aromatic carbocycles. The van der Waals surface area contributed by atoms with Gasteiger partial charge < -0.3 is 10.0 Å². The molecule has 0 atom stereocenters. The quantitative estimate of drug-likeness (QED) is 0.924. The van der Waals surface area contributed by atoms with Gasteiger partial charge in [0, 0.05) is 24.2 Å². The van der Waals surface area contributed by atoms with E-state index in [1.54, 1.807) is 0 Å². The van der Waals surface area contributed by atoms with Crippen LogP contribution in [0.3, 0.4) is 0 Å². The lowest BCUT2D eigenvalue weighted by Crippen LogP contribution is -2.50. The molecule has 1 aromatic heterocycles. The summed E-state index contributed by atoms with van der Waals surface area (Å²) in [5.41, 5.74) is 3.86. The van der Waals surface area contributed by atoms with Crippen LogP contribution in [0.15, 0.2) is 18.2 Å². The molecule has 0 unspecified atom stereocenters. The van der Waals surface area contributed by atoms with Crippen LogP contribution in [0.5, 0.6) is 0 Å². The molecule has 5 heteroatoms. The molecular formula is C15H15ClN2O2. The van der Waals surface area contributed by atoms with Crippen LogP contribution in [0.25, 0.3) is 10.9 Å². The average Bonchev–Trinajstić information content (AvgIpc) is 2.33. The zero-order chi connectivity index (χ0) is 14.4. The number of pyridine rings is 1. The molecule has 1 saturated heterocycles. The first kappa shape index (κ1) is 13.2. The lowest BCUT2D eigenvalue weighted by molar-refractivity contribution is -0.142. The number of aliphatic carboxylic acids is 1. The third kappa shape index (κ3) is 1.91. The second-order valence-corrected chi connectivity index (χ2v) is 5.65. The van der Waals surface area contributed by atoms with E-state index >= 15 is 0 Å². The van der Waals surface area contributed by atoms with E-state index in [9.17, 15) is 4.79 Å². The Morgan fingerprint density at radius 2 is 2.10 bits per heavy atom. The summed E-state index contributed by atoms with van der Waals surface area (Å²) < 4.78 is 0. The van der Waals surface area contributed by atoms with Crippen molar-refractivity contribution in [3.63, 3.8) is 0 Å². The fraction of sp³-hybridized carbons (Fsp3) is 0.333. The van der Waals surface area contributed by atoms with Crippen molar-refractivity contribution < 1.29 is 9.90 Å². The van der Waals surface area contributed by atoms with Gasteiger partial charge in [-0.15, -0.1) is 0 Å². The van der Waals surface area contributed by atoms with Gasteiger partial charge in [0.1, 0.15) is 0 Å². The highest BCUT2D eigenvalue weighted by atomic mass is 35.5. The Bertz CT molecular complexity index is 709. The van der Waals surface area contributed by atoms with Gasteiger partial charge >= 0.3 is 5.97 Å². The van der Waals surface area contributed by atoms with Crippen molar-refractivity contribution in [3.05, 3.63) is 34.5 Å². The average molecular weight is 291 g/mol. The number of carbonyl (C=O) groups is 1. The Labute approximate surface area is 122 Å². The maximum Gasteiger partial charge on any atom is 0.310 e. The van der Waals surface area contributed by atoms with Crippen molar-refractivity contribution in [2.45, 2.75) is 13.8 Å². The van der Waals surface area contributed by atoms with E-state index in [4.69, 9.17) is 16.7 Å². The monoisotopic (exact) mass is 290 g/mol. The predicted octanol–water partition coefficient (Wildman–Crippen LogP) is 3.03. The lowest BCUT2D eigenvalue weighted by Gasteiger charge is -2.40. The molecule has 2 aromatic rings. The zero-order valence-electron chi connectivity index (χ0n) is 11.4. The van der Waals surface area contributed by atoms with Crippen LogP contribution < -0.4 is 4.90 Å². The first-order valence-corrected chi connectivity index (χ1v) is 6.90. The van der Waals surface area contributed by atoms with E-state index in [-0.39, 0.29) is 5.92 Å². The van der Waals surface area contributed by atoms with E-state index in [1.165, 1.54) is 0 Å². The molecule has 3 rings (SSSR count). The third-order valence-corrected chi connectivity index (χ3v) is 4.27. The minimum atomic E-state index is -0.730. The van der Waals surface area contributed by atoms with Gasteiger partial charge in [-0.3, -0.25) is 9.78 Å². The second-order valence-electron chi connectivity index (χ2n) is 5.25. The van der Waals surface area contributed by atoms with E-state index in [2.05, 4.69) is 9.88 Å². The van der Waals surface area contributed by atoms with Crippen LogP contribution in [0.1, 0.15) is 11.3 Å². The highest BCUT2D eigenvalue weighted by molar-refractivity contribution is 6.35. The minimum Gasteiger partial charge on any atom is -0.481 e. The largest absolute Gasteiger partial charge is 0.481 e. The number of fused-ring (bicyclic) bond motifs is 1. The molecule has 0 aliphatic carbocycles. The maximum atomic E-state index is 11.0. The Hall–Kier alpha value is -1.81. The van der Waals surface area contributed by atoms with Crippen LogP contribution in [-0.4, -0.2) is 29.1 Å². The van der Waals surface area contributed by atoms with Crippen molar-refractivity contribution >= 4 is 34.2 Å². The number of benzene rings is 1. The van der Waals surface area contributed by atoms with Gasteiger partial charge in [-0.1, -0.05) is 23.7 Å². The number of anilines is 1. The molecule has 4 nitrogen and oxygen atoms in total. The first-order valence-electron chi connectivity index (χ1n) is 6.52. The molecule has 0 bridgehead atoms. The van der Waals surface area contributed by atoms with Gasteiger partial charge in [0.15, 0.2) is 0 Å². The second kappa shape index (κ2) is 4.63. The van der Waals surface area contributed by atoms with Crippen LogP contribution in [0.4, 0.5) is 5.69 Å². The van der Waals surface area contributed by atoms with Gasteiger partial charge in [0.25, 0.3) is 0 Å². The summed E-state index contributed by atoms with van der Waals surface area (Å²) in [5, 5.41) is 10.6.